The lowest BCUT2D eigenvalue weighted by molar-refractivity contribution is 0.668. The normalized spacial score (nSPS) is 11.8. The van der Waals surface area contributed by atoms with E-state index in [9.17, 15) is 0 Å². The fraction of sp³-hybridized carbons (Fsp3) is 0. The van der Waals surface area contributed by atoms with Crippen molar-refractivity contribution < 1.29 is 8.83 Å². The lowest BCUT2D eigenvalue weighted by Crippen LogP contribution is -1.96. The standard InChI is InChI=1S/C58H35N3O2/c1-3-12-38(13-4-1)58-59-49(41-26-29-45-44-17-8-10-20-53(44)63-56(45)34-41)35-50(60-58)46-18-11-21-55-57(46)48-33-40(28-31-54(48)62-55)37-24-22-36(23-25-37)39-27-30-52-47(32-39)43-16-7-9-19-51(43)61(52)42-14-5-2-6-15-42/h1-35H. The van der Waals surface area contributed by atoms with Crippen molar-refractivity contribution >= 4 is 65.7 Å². The summed E-state index contributed by atoms with van der Waals surface area (Å²) < 4.78 is 15.2. The molecule has 13 rings (SSSR count). The van der Waals surface area contributed by atoms with Crippen LogP contribution in [0.25, 0.3) is 128 Å². The highest BCUT2D eigenvalue weighted by Gasteiger charge is 2.19. The van der Waals surface area contributed by atoms with E-state index in [1.807, 2.05) is 48.5 Å². The summed E-state index contributed by atoms with van der Waals surface area (Å²) >= 11 is 0. The highest BCUT2D eigenvalue weighted by molar-refractivity contribution is 6.14. The Balaban J connectivity index is 0.902. The van der Waals surface area contributed by atoms with Gasteiger partial charge in [-0.1, -0.05) is 140 Å². The molecule has 5 heteroatoms. The van der Waals surface area contributed by atoms with Crippen LogP contribution in [-0.4, -0.2) is 14.5 Å². The van der Waals surface area contributed by atoms with Gasteiger partial charge in [0.05, 0.1) is 22.4 Å². The minimum Gasteiger partial charge on any atom is -0.456 e. The number of nitrogens with zero attached hydrogens (tertiary/aromatic N) is 3. The molecule has 0 atom stereocenters. The zero-order valence-electron chi connectivity index (χ0n) is 33.9. The van der Waals surface area contributed by atoms with Crippen molar-refractivity contribution in [2.75, 3.05) is 0 Å². The summed E-state index contributed by atoms with van der Waals surface area (Å²) in [5, 5.41) is 6.72. The van der Waals surface area contributed by atoms with Gasteiger partial charge in [0.25, 0.3) is 0 Å². The van der Waals surface area contributed by atoms with E-state index in [1.165, 1.54) is 32.9 Å². The van der Waals surface area contributed by atoms with Crippen molar-refractivity contribution in [3.05, 3.63) is 212 Å². The Morgan fingerprint density at radius 2 is 0.905 bits per heavy atom. The Kier molecular flexibility index (Phi) is 7.84. The van der Waals surface area contributed by atoms with Gasteiger partial charge in [-0.25, -0.2) is 9.97 Å². The molecule has 9 aromatic carbocycles. The second kappa shape index (κ2) is 14.0. The van der Waals surface area contributed by atoms with Crippen LogP contribution in [0.15, 0.2) is 221 Å². The third-order valence-corrected chi connectivity index (χ3v) is 12.4. The maximum Gasteiger partial charge on any atom is 0.160 e. The number of furan rings is 2. The van der Waals surface area contributed by atoms with Gasteiger partial charge in [0.1, 0.15) is 22.3 Å². The first-order valence-corrected chi connectivity index (χ1v) is 21.2. The fourth-order valence-corrected chi connectivity index (χ4v) is 9.42. The second-order valence-corrected chi connectivity index (χ2v) is 16.1. The maximum absolute atomic E-state index is 6.53. The molecular formula is C58H35N3O2. The summed E-state index contributed by atoms with van der Waals surface area (Å²) in [5.74, 6) is 0.652. The molecule has 0 saturated carbocycles. The molecule has 63 heavy (non-hydrogen) atoms. The van der Waals surface area contributed by atoms with Crippen LogP contribution in [0.2, 0.25) is 0 Å². The number of benzene rings is 9. The second-order valence-electron chi connectivity index (χ2n) is 16.1. The number of fused-ring (bicyclic) bond motifs is 9. The first-order chi connectivity index (χ1) is 31.2. The zero-order valence-corrected chi connectivity index (χ0v) is 33.9. The smallest absolute Gasteiger partial charge is 0.160 e. The number of aromatic nitrogens is 3. The van der Waals surface area contributed by atoms with E-state index in [0.717, 1.165) is 88.8 Å². The van der Waals surface area contributed by atoms with Gasteiger partial charge in [-0.2, -0.15) is 0 Å². The van der Waals surface area contributed by atoms with Crippen molar-refractivity contribution in [1.29, 1.82) is 0 Å². The molecule has 0 N–H and O–H groups in total. The predicted octanol–water partition coefficient (Wildman–Crippen LogP) is 15.7. The summed E-state index contributed by atoms with van der Waals surface area (Å²) in [5.41, 5.74) is 16.0. The summed E-state index contributed by atoms with van der Waals surface area (Å²) in [6.45, 7) is 0. The van der Waals surface area contributed by atoms with Gasteiger partial charge in [0, 0.05) is 54.7 Å². The Bertz CT molecular complexity index is 3900. The fourth-order valence-electron chi connectivity index (χ4n) is 9.42. The van der Waals surface area contributed by atoms with Crippen LogP contribution in [0.1, 0.15) is 0 Å². The molecule has 0 aliphatic heterocycles. The van der Waals surface area contributed by atoms with E-state index >= 15 is 0 Å². The minimum atomic E-state index is 0.652. The summed E-state index contributed by atoms with van der Waals surface area (Å²) in [6, 6.07) is 74.4. The highest BCUT2D eigenvalue weighted by Crippen LogP contribution is 2.41. The minimum absolute atomic E-state index is 0.652. The zero-order chi connectivity index (χ0) is 41.4. The molecule has 0 aliphatic rings. The van der Waals surface area contributed by atoms with Crippen molar-refractivity contribution in [3.63, 3.8) is 0 Å². The molecule has 294 valence electrons. The first kappa shape index (κ1) is 35.2. The molecule has 0 spiro atoms. The number of para-hydroxylation sites is 3. The SMILES string of the molecule is c1ccc(-c2nc(-c3ccc4c(c3)oc3ccccc34)cc(-c3cccc4oc5ccc(-c6ccc(-c7ccc8c(c7)c7ccccc7n8-c7ccccc7)cc6)cc5c34)n2)cc1. The van der Waals surface area contributed by atoms with E-state index in [-0.39, 0.29) is 0 Å². The number of hydrogen-bond acceptors (Lipinski definition) is 4. The number of hydrogen-bond donors (Lipinski definition) is 0. The quantitative estimate of drug-likeness (QED) is 0.168. The lowest BCUT2D eigenvalue weighted by Gasteiger charge is -2.10. The topological polar surface area (TPSA) is 57.0 Å². The van der Waals surface area contributed by atoms with Crippen LogP contribution >= 0.6 is 0 Å². The molecule has 4 heterocycles. The van der Waals surface area contributed by atoms with Gasteiger partial charge in [-0.3, -0.25) is 0 Å². The molecule has 4 aromatic heterocycles. The van der Waals surface area contributed by atoms with E-state index < -0.39 is 0 Å². The maximum atomic E-state index is 6.53. The van der Waals surface area contributed by atoms with E-state index in [0.29, 0.717) is 5.82 Å². The molecule has 0 aliphatic carbocycles. The Morgan fingerprint density at radius 1 is 0.317 bits per heavy atom. The van der Waals surface area contributed by atoms with E-state index in [2.05, 4.69) is 168 Å². The van der Waals surface area contributed by atoms with Gasteiger partial charge >= 0.3 is 0 Å². The van der Waals surface area contributed by atoms with Crippen LogP contribution in [0, 0.1) is 0 Å². The molecular weight excluding hydrogens is 771 g/mol. The van der Waals surface area contributed by atoms with Crippen LogP contribution in [-0.2, 0) is 0 Å². The first-order valence-electron chi connectivity index (χ1n) is 21.2. The molecule has 13 aromatic rings. The molecule has 0 fully saturated rings. The molecule has 0 unspecified atom stereocenters. The average Bonchev–Trinajstić information content (AvgIpc) is 4.03. The summed E-state index contributed by atoms with van der Waals surface area (Å²) in [6.07, 6.45) is 0. The van der Waals surface area contributed by atoms with E-state index in [4.69, 9.17) is 18.8 Å². The van der Waals surface area contributed by atoms with Crippen molar-refractivity contribution in [2.24, 2.45) is 0 Å². The monoisotopic (exact) mass is 805 g/mol. The van der Waals surface area contributed by atoms with Crippen molar-refractivity contribution in [1.82, 2.24) is 14.5 Å². The Labute approximate surface area is 361 Å². The summed E-state index contributed by atoms with van der Waals surface area (Å²) in [4.78, 5) is 10.4. The highest BCUT2D eigenvalue weighted by atomic mass is 16.3. The van der Waals surface area contributed by atoms with Gasteiger partial charge in [-0.15, -0.1) is 0 Å². The van der Waals surface area contributed by atoms with Gasteiger partial charge in [-0.05, 0) is 95.1 Å². The predicted molar refractivity (Wildman–Crippen MR) is 258 cm³/mol. The van der Waals surface area contributed by atoms with Crippen molar-refractivity contribution in [3.8, 4) is 61.8 Å². The summed E-state index contributed by atoms with van der Waals surface area (Å²) in [7, 11) is 0. The molecule has 0 bridgehead atoms. The van der Waals surface area contributed by atoms with Gasteiger partial charge < -0.3 is 13.4 Å². The van der Waals surface area contributed by atoms with Crippen LogP contribution in [0.5, 0.6) is 0 Å². The van der Waals surface area contributed by atoms with Gasteiger partial charge in [0.2, 0.25) is 0 Å². The molecule has 5 nitrogen and oxygen atoms in total. The Morgan fingerprint density at radius 3 is 1.73 bits per heavy atom. The largest absolute Gasteiger partial charge is 0.456 e. The van der Waals surface area contributed by atoms with Gasteiger partial charge in [0.15, 0.2) is 5.82 Å². The van der Waals surface area contributed by atoms with E-state index in [1.54, 1.807) is 0 Å². The molecule has 0 amide bonds. The van der Waals surface area contributed by atoms with Crippen molar-refractivity contribution in [2.45, 2.75) is 0 Å². The number of rotatable bonds is 6. The van der Waals surface area contributed by atoms with Crippen LogP contribution in [0.4, 0.5) is 0 Å². The molecule has 0 saturated heterocycles. The molecule has 0 radical (unpaired) electrons. The lowest BCUT2D eigenvalue weighted by atomic mass is 9.97. The Hall–Kier alpha value is -8.54. The third-order valence-electron chi connectivity index (χ3n) is 12.4. The average molecular weight is 806 g/mol. The van der Waals surface area contributed by atoms with Crippen LogP contribution < -0.4 is 0 Å². The van der Waals surface area contributed by atoms with Crippen LogP contribution in [0.3, 0.4) is 0 Å². The third kappa shape index (κ3) is 5.78.